The molecule has 2 rings (SSSR count). The summed E-state index contributed by atoms with van der Waals surface area (Å²) in [6.07, 6.45) is 7.45. The molecular formula is C14H20O3. The van der Waals surface area contributed by atoms with Crippen molar-refractivity contribution in [1.29, 1.82) is 0 Å². The molecule has 1 aliphatic carbocycles. The van der Waals surface area contributed by atoms with Gasteiger partial charge in [-0.2, -0.15) is 0 Å². The summed E-state index contributed by atoms with van der Waals surface area (Å²) >= 11 is 0. The van der Waals surface area contributed by atoms with Gasteiger partial charge in [0.15, 0.2) is 11.6 Å². The lowest BCUT2D eigenvalue weighted by Crippen LogP contribution is -2.55. The Hall–Kier alpha value is -0.930. The van der Waals surface area contributed by atoms with Crippen LogP contribution in [0.3, 0.4) is 0 Å². The van der Waals surface area contributed by atoms with Crippen LogP contribution in [0.25, 0.3) is 0 Å². The molecule has 0 radical (unpaired) electrons. The van der Waals surface area contributed by atoms with Crippen LogP contribution >= 0.6 is 0 Å². The molecule has 0 aromatic rings. The maximum atomic E-state index is 12.3. The highest BCUT2D eigenvalue weighted by Gasteiger charge is 2.59. The number of carbonyl (C=O) groups excluding carboxylic acids is 1. The van der Waals surface area contributed by atoms with E-state index in [1.807, 2.05) is 0 Å². The quantitative estimate of drug-likeness (QED) is 0.556. The highest BCUT2D eigenvalue weighted by atomic mass is 16.7. The molecular weight excluding hydrogens is 216 g/mol. The third-order valence-electron chi connectivity index (χ3n) is 3.99. The van der Waals surface area contributed by atoms with E-state index in [4.69, 9.17) is 9.47 Å². The molecule has 0 N–H and O–H groups in total. The Morgan fingerprint density at radius 3 is 2.41 bits per heavy atom. The molecule has 1 atom stereocenters. The molecule has 1 heterocycles. The lowest BCUT2D eigenvalue weighted by atomic mass is 9.64. The van der Waals surface area contributed by atoms with Crippen LogP contribution in [-0.2, 0) is 14.3 Å². The number of allylic oxidation sites excluding steroid dienone is 2. The highest BCUT2D eigenvalue weighted by molar-refractivity contribution is 5.95. The van der Waals surface area contributed by atoms with Crippen LogP contribution in [0, 0.1) is 5.41 Å². The lowest BCUT2D eigenvalue weighted by Gasteiger charge is -2.48. The molecule has 94 valence electrons. The average molecular weight is 236 g/mol. The maximum absolute atomic E-state index is 12.3. The van der Waals surface area contributed by atoms with Gasteiger partial charge in [0, 0.05) is 6.42 Å². The fourth-order valence-corrected chi connectivity index (χ4v) is 3.20. The number of hydrogen-bond donors (Lipinski definition) is 0. The molecule has 0 amide bonds. The predicted molar refractivity (Wildman–Crippen MR) is 65.6 cm³/mol. The van der Waals surface area contributed by atoms with E-state index in [-0.39, 0.29) is 5.78 Å². The van der Waals surface area contributed by atoms with Crippen molar-refractivity contribution in [3.05, 3.63) is 25.3 Å². The number of rotatable bonds is 4. The summed E-state index contributed by atoms with van der Waals surface area (Å²) in [5, 5.41) is 0. The van der Waals surface area contributed by atoms with E-state index in [0.717, 1.165) is 25.7 Å². The first-order valence-corrected chi connectivity index (χ1v) is 6.26. The van der Waals surface area contributed by atoms with E-state index in [2.05, 4.69) is 13.2 Å². The molecule has 1 saturated heterocycles. The molecule has 1 aliphatic heterocycles. The molecule has 0 unspecified atom stereocenters. The first-order chi connectivity index (χ1) is 8.21. The number of carbonyl (C=O) groups is 1. The predicted octanol–water partition coefficient (Wildman–Crippen LogP) is 2.62. The molecule has 0 aromatic heterocycles. The standard InChI is InChI=1S/C14H20O3/c1-3-7-13(12(15)4-2)8-5-6-9-14(13)16-10-11-17-14/h3-4H,1-2,5-11H2/t13-/m1/s1. The summed E-state index contributed by atoms with van der Waals surface area (Å²) in [5.74, 6) is -0.705. The van der Waals surface area contributed by atoms with Crippen molar-refractivity contribution < 1.29 is 14.3 Å². The summed E-state index contributed by atoms with van der Waals surface area (Å²) in [5.41, 5.74) is -0.606. The van der Waals surface area contributed by atoms with E-state index < -0.39 is 11.2 Å². The van der Waals surface area contributed by atoms with Gasteiger partial charge in [0.1, 0.15) is 0 Å². The van der Waals surface area contributed by atoms with E-state index in [9.17, 15) is 4.79 Å². The SMILES string of the molecule is C=CC[C@]1(C(=O)C=C)CCCCC12OCCO2. The van der Waals surface area contributed by atoms with Gasteiger partial charge < -0.3 is 9.47 Å². The third-order valence-corrected chi connectivity index (χ3v) is 3.99. The van der Waals surface area contributed by atoms with Crippen LogP contribution < -0.4 is 0 Å². The second kappa shape index (κ2) is 4.75. The minimum atomic E-state index is -0.731. The van der Waals surface area contributed by atoms with Gasteiger partial charge in [-0.25, -0.2) is 0 Å². The Morgan fingerprint density at radius 1 is 1.18 bits per heavy atom. The van der Waals surface area contributed by atoms with E-state index in [1.165, 1.54) is 6.08 Å². The minimum absolute atomic E-state index is 0.0269. The van der Waals surface area contributed by atoms with Gasteiger partial charge in [-0.05, 0) is 25.3 Å². The third kappa shape index (κ3) is 1.78. The summed E-state index contributed by atoms with van der Waals surface area (Å²) in [4.78, 5) is 12.3. The summed E-state index contributed by atoms with van der Waals surface area (Å²) in [6.45, 7) is 8.54. The van der Waals surface area contributed by atoms with Crippen LogP contribution in [0.2, 0.25) is 0 Å². The Bertz CT molecular complexity index is 328. The zero-order valence-corrected chi connectivity index (χ0v) is 10.2. The fourth-order valence-electron chi connectivity index (χ4n) is 3.20. The van der Waals surface area contributed by atoms with Gasteiger partial charge in [0.05, 0.1) is 18.6 Å². The van der Waals surface area contributed by atoms with E-state index in [0.29, 0.717) is 19.6 Å². The van der Waals surface area contributed by atoms with Gasteiger partial charge >= 0.3 is 0 Å². The Morgan fingerprint density at radius 2 is 1.82 bits per heavy atom. The number of ketones is 1. The molecule has 0 bridgehead atoms. The molecule has 0 aromatic carbocycles. The average Bonchev–Trinajstić information content (AvgIpc) is 2.81. The van der Waals surface area contributed by atoms with Gasteiger partial charge in [0.2, 0.25) is 0 Å². The number of ether oxygens (including phenoxy) is 2. The molecule has 2 fully saturated rings. The molecule has 17 heavy (non-hydrogen) atoms. The Balaban J connectivity index is 2.41. The Kier molecular flexibility index (Phi) is 3.50. The fraction of sp³-hybridized carbons (Fsp3) is 0.643. The van der Waals surface area contributed by atoms with Crippen LogP contribution in [0.15, 0.2) is 25.3 Å². The van der Waals surface area contributed by atoms with Crippen molar-refractivity contribution in [2.45, 2.75) is 37.9 Å². The van der Waals surface area contributed by atoms with Crippen LogP contribution in [0.4, 0.5) is 0 Å². The summed E-state index contributed by atoms with van der Waals surface area (Å²) < 4.78 is 11.7. The second-order valence-electron chi connectivity index (χ2n) is 4.80. The smallest absolute Gasteiger partial charge is 0.181 e. The van der Waals surface area contributed by atoms with Crippen molar-refractivity contribution in [2.75, 3.05) is 13.2 Å². The van der Waals surface area contributed by atoms with Crippen LogP contribution in [0.5, 0.6) is 0 Å². The van der Waals surface area contributed by atoms with Gasteiger partial charge in [-0.3, -0.25) is 4.79 Å². The van der Waals surface area contributed by atoms with Crippen molar-refractivity contribution in [2.24, 2.45) is 5.41 Å². The first kappa shape index (κ1) is 12.5. The lowest BCUT2D eigenvalue weighted by molar-refractivity contribution is -0.246. The van der Waals surface area contributed by atoms with Gasteiger partial charge in [-0.1, -0.05) is 19.1 Å². The van der Waals surface area contributed by atoms with Gasteiger partial charge in [-0.15, -0.1) is 6.58 Å². The van der Waals surface area contributed by atoms with Crippen LogP contribution in [-0.4, -0.2) is 24.8 Å². The van der Waals surface area contributed by atoms with Crippen LogP contribution in [0.1, 0.15) is 32.1 Å². The van der Waals surface area contributed by atoms with E-state index >= 15 is 0 Å². The van der Waals surface area contributed by atoms with Crippen molar-refractivity contribution >= 4 is 5.78 Å². The zero-order valence-electron chi connectivity index (χ0n) is 10.2. The first-order valence-electron chi connectivity index (χ1n) is 6.26. The van der Waals surface area contributed by atoms with Gasteiger partial charge in [0.25, 0.3) is 0 Å². The maximum Gasteiger partial charge on any atom is 0.181 e. The van der Waals surface area contributed by atoms with Crippen molar-refractivity contribution in [1.82, 2.24) is 0 Å². The monoisotopic (exact) mass is 236 g/mol. The molecule has 2 aliphatic rings. The topological polar surface area (TPSA) is 35.5 Å². The molecule has 3 nitrogen and oxygen atoms in total. The van der Waals surface area contributed by atoms with Crippen molar-refractivity contribution in [3.63, 3.8) is 0 Å². The van der Waals surface area contributed by atoms with Crippen molar-refractivity contribution in [3.8, 4) is 0 Å². The molecule has 1 spiro atoms. The Labute approximate surface area is 102 Å². The normalized spacial score (nSPS) is 31.3. The number of hydrogen-bond acceptors (Lipinski definition) is 3. The summed E-state index contributed by atoms with van der Waals surface area (Å²) in [7, 11) is 0. The van der Waals surface area contributed by atoms with E-state index in [1.54, 1.807) is 6.08 Å². The highest BCUT2D eigenvalue weighted by Crippen LogP contribution is 2.52. The molecule has 3 heteroatoms. The molecule has 1 saturated carbocycles. The largest absolute Gasteiger partial charge is 0.346 e. The second-order valence-corrected chi connectivity index (χ2v) is 4.80. The summed E-state index contributed by atoms with van der Waals surface area (Å²) in [6, 6.07) is 0. The minimum Gasteiger partial charge on any atom is -0.346 e. The zero-order chi connectivity index (χ0) is 12.4.